The van der Waals surface area contributed by atoms with Gasteiger partial charge in [-0.15, -0.1) is 0 Å². The summed E-state index contributed by atoms with van der Waals surface area (Å²) in [6, 6.07) is 3.95. The topological polar surface area (TPSA) is 96.7 Å². The number of aliphatic hydroxyl groups is 2. The average molecular weight is 486 g/mol. The Morgan fingerprint density at radius 3 is 2.49 bits per heavy atom. The van der Waals surface area contributed by atoms with Crippen molar-refractivity contribution < 1.29 is 24.5 Å². The number of hydrogen-bond acceptors (Lipinski definition) is 6. The molecule has 0 spiro atoms. The second-order valence-electron chi connectivity index (χ2n) is 11.6. The summed E-state index contributed by atoms with van der Waals surface area (Å²) in [6.07, 6.45) is 5.96. The third kappa shape index (κ3) is 7.01. The van der Waals surface area contributed by atoms with Crippen molar-refractivity contribution in [2.75, 3.05) is 0 Å². The van der Waals surface area contributed by atoms with Gasteiger partial charge in [0.25, 0.3) is 0 Å². The molecule has 0 radical (unpaired) electrons. The summed E-state index contributed by atoms with van der Waals surface area (Å²) < 4.78 is 5.91. The summed E-state index contributed by atoms with van der Waals surface area (Å²) >= 11 is 0. The van der Waals surface area contributed by atoms with E-state index in [4.69, 9.17) is 4.74 Å². The number of rotatable bonds is 2. The van der Waals surface area contributed by atoms with Gasteiger partial charge in [0.15, 0.2) is 0 Å². The van der Waals surface area contributed by atoms with Gasteiger partial charge in [-0.25, -0.2) is 0 Å². The Labute approximate surface area is 210 Å². The molecule has 1 saturated heterocycles. The van der Waals surface area contributed by atoms with Gasteiger partial charge < -0.3 is 14.9 Å². The number of hydrogen-bond donors (Lipinski definition) is 2. The summed E-state index contributed by atoms with van der Waals surface area (Å²) in [5, 5.41) is 21.7. The number of aryl methyl sites for hydroxylation is 1. The van der Waals surface area contributed by atoms with Gasteiger partial charge in [0.1, 0.15) is 11.9 Å². The lowest BCUT2D eigenvalue weighted by molar-refractivity contribution is -0.154. The fraction of sp³-hybridized carbons (Fsp3) is 0.690. The molecular formula is C29H43NO5. The molecule has 2 fully saturated rings. The fourth-order valence-electron chi connectivity index (χ4n) is 5.34. The highest BCUT2D eigenvalue weighted by atomic mass is 16.5. The molecule has 1 aromatic heterocycles. The quantitative estimate of drug-likeness (QED) is 0.579. The van der Waals surface area contributed by atoms with Crippen molar-refractivity contribution in [3.63, 3.8) is 0 Å². The van der Waals surface area contributed by atoms with Gasteiger partial charge in [0, 0.05) is 12.1 Å². The van der Waals surface area contributed by atoms with Gasteiger partial charge in [-0.3, -0.25) is 14.6 Å². The molecule has 0 bridgehead atoms. The molecule has 2 aliphatic rings. The van der Waals surface area contributed by atoms with Gasteiger partial charge in [-0.05, 0) is 74.1 Å². The molecule has 2 N–H and O–H groups in total. The SMILES string of the molecule is C/C(=C\c1ccc(C)cn1)[C@@H]1C[C@@H]2C[C@H]2CCC[C@H](C)[C@H](O)[C@@H](C)C(=O)C(C)(C)[C@@H](O)CC(=O)O1. The number of aromatic nitrogens is 1. The van der Waals surface area contributed by atoms with Crippen LogP contribution >= 0.6 is 0 Å². The van der Waals surface area contributed by atoms with E-state index in [2.05, 4.69) is 4.98 Å². The van der Waals surface area contributed by atoms with Crippen LogP contribution < -0.4 is 0 Å². The molecule has 2 heterocycles. The molecule has 0 unspecified atom stereocenters. The van der Waals surface area contributed by atoms with Gasteiger partial charge in [0.05, 0.1) is 29.7 Å². The third-order valence-electron chi connectivity index (χ3n) is 8.25. The summed E-state index contributed by atoms with van der Waals surface area (Å²) in [5.74, 6) is -0.271. The zero-order chi connectivity index (χ0) is 25.9. The van der Waals surface area contributed by atoms with Crippen molar-refractivity contribution in [1.82, 2.24) is 4.98 Å². The second-order valence-corrected chi connectivity index (χ2v) is 11.6. The van der Waals surface area contributed by atoms with E-state index in [0.29, 0.717) is 11.8 Å². The Morgan fingerprint density at radius 2 is 1.83 bits per heavy atom. The largest absolute Gasteiger partial charge is 0.458 e. The maximum absolute atomic E-state index is 13.2. The number of carbonyl (C=O) groups excluding carboxylic acids is 2. The van der Waals surface area contributed by atoms with E-state index in [1.807, 2.05) is 45.2 Å². The number of pyridine rings is 1. The van der Waals surface area contributed by atoms with E-state index in [1.165, 1.54) is 0 Å². The van der Waals surface area contributed by atoms with Gasteiger partial charge in [-0.2, -0.15) is 0 Å². The number of fused-ring (bicyclic) bond motifs is 1. The van der Waals surface area contributed by atoms with E-state index >= 15 is 0 Å². The van der Waals surface area contributed by atoms with E-state index in [-0.39, 0.29) is 24.2 Å². The van der Waals surface area contributed by atoms with Crippen molar-refractivity contribution in [3.05, 3.63) is 35.2 Å². The summed E-state index contributed by atoms with van der Waals surface area (Å²) in [6.45, 7) is 11.0. The number of Topliss-reactive ketones (excluding diaryl/α,β-unsaturated/α-hetero) is 1. The van der Waals surface area contributed by atoms with Crippen LogP contribution in [0.1, 0.15) is 84.4 Å². The Balaban J connectivity index is 1.82. The molecule has 194 valence electrons. The number of ether oxygens (including phenoxy) is 1. The maximum Gasteiger partial charge on any atom is 0.309 e. The summed E-state index contributed by atoms with van der Waals surface area (Å²) in [5.41, 5.74) is 1.65. The minimum atomic E-state index is -1.20. The van der Waals surface area contributed by atoms with Crippen LogP contribution in [-0.4, -0.2) is 45.3 Å². The fourth-order valence-corrected chi connectivity index (χ4v) is 5.34. The minimum absolute atomic E-state index is 0.00287. The lowest BCUT2D eigenvalue weighted by Crippen LogP contribution is -2.45. The molecule has 0 aromatic carbocycles. The predicted molar refractivity (Wildman–Crippen MR) is 136 cm³/mol. The summed E-state index contributed by atoms with van der Waals surface area (Å²) in [7, 11) is 0. The van der Waals surface area contributed by atoms with Crippen LogP contribution in [-0.2, 0) is 14.3 Å². The first-order valence-corrected chi connectivity index (χ1v) is 13.1. The second kappa shape index (κ2) is 11.3. The van der Waals surface area contributed by atoms with E-state index in [9.17, 15) is 19.8 Å². The van der Waals surface area contributed by atoms with Crippen LogP contribution in [0.2, 0.25) is 0 Å². The molecule has 6 heteroatoms. The summed E-state index contributed by atoms with van der Waals surface area (Å²) in [4.78, 5) is 30.6. The normalized spacial score (nSPS) is 35.2. The smallest absolute Gasteiger partial charge is 0.309 e. The van der Waals surface area contributed by atoms with Gasteiger partial charge in [0.2, 0.25) is 0 Å². The maximum atomic E-state index is 13.2. The molecule has 0 amide bonds. The molecule has 1 aliphatic heterocycles. The van der Waals surface area contributed by atoms with Crippen molar-refractivity contribution in [2.45, 2.75) is 98.4 Å². The Bertz CT molecular complexity index is 922. The Hall–Kier alpha value is -2.05. The van der Waals surface area contributed by atoms with Gasteiger partial charge in [-0.1, -0.05) is 46.6 Å². The highest BCUT2D eigenvalue weighted by molar-refractivity contribution is 5.88. The number of esters is 1. The predicted octanol–water partition coefficient (Wildman–Crippen LogP) is 4.89. The molecule has 1 aromatic rings. The first-order valence-electron chi connectivity index (χ1n) is 13.1. The first kappa shape index (κ1) is 27.5. The molecular weight excluding hydrogens is 442 g/mol. The van der Waals surface area contributed by atoms with Crippen LogP contribution in [0.3, 0.4) is 0 Å². The molecule has 3 rings (SSSR count). The lowest BCUT2D eigenvalue weighted by Gasteiger charge is -2.34. The molecule has 1 saturated carbocycles. The first-order chi connectivity index (χ1) is 16.4. The van der Waals surface area contributed by atoms with E-state index in [0.717, 1.165) is 48.9 Å². The Morgan fingerprint density at radius 1 is 1.11 bits per heavy atom. The zero-order valence-electron chi connectivity index (χ0n) is 22.2. The van der Waals surface area contributed by atoms with Crippen LogP contribution in [0.25, 0.3) is 6.08 Å². The van der Waals surface area contributed by atoms with Crippen LogP contribution in [0.15, 0.2) is 23.9 Å². The molecule has 6 nitrogen and oxygen atoms in total. The third-order valence-corrected chi connectivity index (χ3v) is 8.25. The van der Waals surface area contributed by atoms with Crippen molar-refractivity contribution >= 4 is 17.8 Å². The number of nitrogens with zero attached hydrogens (tertiary/aromatic N) is 1. The zero-order valence-corrected chi connectivity index (χ0v) is 22.2. The highest BCUT2D eigenvalue weighted by Gasteiger charge is 2.43. The molecule has 35 heavy (non-hydrogen) atoms. The van der Waals surface area contributed by atoms with Crippen molar-refractivity contribution in [3.8, 4) is 0 Å². The highest BCUT2D eigenvalue weighted by Crippen LogP contribution is 2.47. The van der Waals surface area contributed by atoms with Crippen LogP contribution in [0, 0.1) is 36.0 Å². The number of cyclic esters (lactones) is 1. The molecule has 7 atom stereocenters. The van der Waals surface area contributed by atoms with Gasteiger partial charge >= 0.3 is 5.97 Å². The minimum Gasteiger partial charge on any atom is -0.458 e. The Kier molecular flexibility index (Phi) is 8.92. The van der Waals surface area contributed by atoms with Crippen molar-refractivity contribution in [1.29, 1.82) is 0 Å². The van der Waals surface area contributed by atoms with Crippen LogP contribution in [0.5, 0.6) is 0 Å². The number of ketones is 1. The van der Waals surface area contributed by atoms with Crippen LogP contribution in [0.4, 0.5) is 0 Å². The monoisotopic (exact) mass is 485 g/mol. The van der Waals surface area contributed by atoms with Crippen molar-refractivity contribution in [2.24, 2.45) is 29.1 Å². The lowest BCUT2D eigenvalue weighted by atomic mass is 9.73. The number of aliphatic hydroxyl groups excluding tert-OH is 2. The average Bonchev–Trinajstić information content (AvgIpc) is 3.55. The standard InChI is InChI=1S/C29H43NO5/c1-17-10-11-23(30-16-17)12-19(3)24-14-22-13-21(22)9-7-8-18(2)27(33)20(4)28(34)29(5,6)25(31)15-26(32)35-24/h10-12,16,18,20-22,24-25,27,31,33H,7-9,13-15H2,1-6H3/b19-12+/t18-,20+,21+,22-,24-,25-,27-/m0/s1. The molecule has 1 aliphatic carbocycles. The van der Waals surface area contributed by atoms with E-state index < -0.39 is 29.5 Å². The number of carbonyl (C=O) groups is 2. The van der Waals surface area contributed by atoms with E-state index in [1.54, 1.807) is 20.8 Å².